The first-order valence-electron chi connectivity index (χ1n) is 7.07. The molecule has 0 saturated carbocycles. The van der Waals surface area contributed by atoms with Crippen LogP contribution in [-0.4, -0.2) is 34.0 Å². The molecule has 1 unspecified atom stereocenters. The van der Waals surface area contributed by atoms with Crippen LogP contribution in [0.3, 0.4) is 0 Å². The van der Waals surface area contributed by atoms with Crippen molar-refractivity contribution in [1.82, 2.24) is 14.9 Å². The van der Waals surface area contributed by atoms with Crippen molar-refractivity contribution in [1.29, 1.82) is 0 Å². The number of hydrogen-bond donors (Lipinski definition) is 1. The maximum Gasteiger partial charge on any atom is 0.125 e. The molecule has 20 heavy (non-hydrogen) atoms. The van der Waals surface area contributed by atoms with E-state index in [1.54, 1.807) is 6.20 Å². The average Bonchev–Trinajstić information content (AvgIpc) is 2.85. The highest BCUT2D eigenvalue weighted by molar-refractivity contribution is 5.58. The van der Waals surface area contributed by atoms with E-state index < -0.39 is 0 Å². The van der Waals surface area contributed by atoms with Crippen molar-refractivity contribution in [2.75, 3.05) is 13.1 Å². The molecule has 0 radical (unpaired) electrons. The van der Waals surface area contributed by atoms with Gasteiger partial charge in [0.25, 0.3) is 0 Å². The smallest absolute Gasteiger partial charge is 0.125 e. The van der Waals surface area contributed by atoms with E-state index in [-0.39, 0.29) is 0 Å². The lowest BCUT2D eigenvalue weighted by molar-refractivity contribution is 0.327. The number of hydrogen-bond acceptors (Lipinski definition) is 4. The summed E-state index contributed by atoms with van der Waals surface area (Å²) >= 11 is 0. The molecule has 1 fully saturated rings. The van der Waals surface area contributed by atoms with Crippen molar-refractivity contribution in [3.8, 4) is 11.3 Å². The molecule has 1 saturated heterocycles. The quantitative estimate of drug-likeness (QED) is 0.925. The van der Waals surface area contributed by atoms with Crippen LogP contribution in [0.25, 0.3) is 11.3 Å². The third-order valence-electron chi connectivity index (χ3n) is 3.74. The summed E-state index contributed by atoms with van der Waals surface area (Å²) in [6, 6.07) is 10.9. The molecule has 0 amide bonds. The van der Waals surface area contributed by atoms with E-state index in [9.17, 15) is 0 Å². The predicted octanol–water partition coefficient (Wildman–Crippen LogP) is 1.99. The largest absolute Gasteiger partial charge is 0.326 e. The number of aryl methyl sites for hydroxylation is 1. The SMILES string of the molecule is Cc1nccc(-c2ccc(CN3CCC(N)C3)cc2)n1. The van der Waals surface area contributed by atoms with Crippen LogP contribution in [0.4, 0.5) is 0 Å². The van der Waals surface area contributed by atoms with Crippen molar-refractivity contribution in [2.24, 2.45) is 5.73 Å². The summed E-state index contributed by atoms with van der Waals surface area (Å²) in [4.78, 5) is 11.0. The number of likely N-dealkylation sites (tertiary alicyclic amines) is 1. The lowest BCUT2D eigenvalue weighted by Crippen LogP contribution is -2.26. The minimum absolute atomic E-state index is 0.346. The Bertz CT molecular complexity index is 579. The molecule has 0 bridgehead atoms. The number of aromatic nitrogens is 2. The summed E-state index contributed by atoms with van der Waals surface area (Å²) in [6.45, 7) is 5.01. The normalized spacial score (nSPS) is 19.4. The summed E-state index contributed by atoms with van der Waals surface area (Å²) in [5.41, 5.74) is 9.38. The van der Waals surface area contributed by atoms with Gasteiger partial charge in [-0.05, 0) is 25.0 Å². The third-order valence-corrected chi connectivity index (χ3v) is 3.74. The van der Waals surface area contributed by atoms with Crippen molar-refractivity contribution in [2.45, 2.75) is 25.9 Å². The van der Waals surface area contributed by atoms with Gasteiger partial charge >= 0.3 is 0 Å². The Labute approximate surface area is 119 Å². The molecular weight excluding hydrogens is 248 g/mol. The van der Waals surface area contributed by atoms with Crippen LogP contribution in [-0.2, 0) is 6.54 Å². The van der Waals surface area contributed by atoms with Gasteiger partial charge in [-0.15, -0.1) is 0 Å². The van der Waals surface area contributed by atoms with E-state index >= 15 is 0 Å². The second-order valence-electron chi connectivity index (χ2n) is 5.47. The molecule has 2 N–H and O–H groups in total. The molecule has 1 aromatic carbocycles. The number of nitrogens with two attached hydrogens (primary N) is 1. The molecule has 1 atom stereocenters. The molecular formula is C16H20N4. The van der Waals surface area contributed by atoms with Crippen LogP contribution in [0.15, 0.2) is 36.5 Å². The summed E-state index contributed by atoms with van der Waals surface area (Å²) < 4.78 is 0. The van der Waals surface area contributed by atoms with Crippen LogP contribution >= 0.6 is 0 Å². The van der Waals surface area contributed by atoms with Crippen molar-refractivity contribution < 1.29 is 0 Å². The highest BCUT2D eigenvalue weighted by Crippen LogP contribution is 2.19. The first-order chi connectivity index (χ1) is 9.70. The highest BCUT2D eigenvalue weighted by atomic mass is 15.2. The predicted molar refractivity (Wildman–Crippen MR) is 80.1 cm³/mol. The van der Waals surface area contributed by atoms with E-state index in [4.69, 9.17) is 5.73 Å². The second kappa shape index (κ2) is 5.69. The molecule has 3 rings (SSSR count). The average molecular weight is 268 g/mol. The van der Waals surface area contributed by atoms with Crippen molar-refractivity contribution in [3.63, 3.8) is 0 Å². The van der Waals surface area contributed by atoms with Gasteiger partial charge in [-0.2, -0.15) is 0 Å². The van der Waals surface area contributed by atoms with Gasteiger partial charge in [0.05, 0.1) is 5.69 Å². The lowest BCUT2D eigenvalue weighted by atomic mass is 10.1. The first kappa shape index (κ1) is 13.2. The zero-order chi connectivity index (χ0) is 13.9. The standard InChI is InChI=1S/C16H20N4/c1-12-18-8-6-16(19-12)14-4-2-13(3-5-14)10-20-9-7-15(17)11-20/h2-6,8,15H,7,9-11,17H2,1H3. The summed E-state index contributed by atoms with van der Waals surface area (Å²) in [5.74, 6) is 0.803. The molecule has 2 aromatic rings. The lowest BCUT2D eigenvalue weighted by Gasteiger charge is -2.15. The van der Waals surface area contributed by atoms with Crippen LogP contribution in [0.2, 0.25) is 0 Å². The van der Waals surface area contributed by atoms with Crippen molar-refractivity contribution >= 4 is 0 Å². The van der Waals surface area contributed by atoms with Gasteiger partial charge in [0.1, 0.15) is 5.82 Å². The minimum atomic E-state index is 0.346. The maximum absolute atomic E-state index is 5.94. The Morgan fingerprint density at radius 3 is 2.70 bits per heavy atom. The molecule has 104 valence electrons. The Hall–Kier alpha value is -1.78. The van der Waals surface area contributed by atoms with E-state index in [0.29, 0.717) is 6.04 Å². The Morgan fingerprint density at radius 2 is 2.05 bits per heavy atom. The molecule has 0 aliphatic carbocycles. The molecule has 1 aliphatic heterocycles. The van der Waals surface area contributed by atoms with E-state index in [2.05, 4.69) is 39.1 Å². The summed E-state index contributed by atoms with van der Waals surface area (Å²) in [7, 11) is 0. The molecule has 2 heterocycles. The Balaban J connectivity index is 1.71. The summed E-state index contributed by atoms with van der Waals surface area (Å²) in [5, 5.41) is 0. The maximum atomic E-state index is 5.94. The van der Waals surface area contributed by atoms with Gasteiger partial charge < -0.3 is 5.73 Å². The van der Waals surface area contributed by atoms with Crippen LogP contribution < -0.4 is 5.73 Å². The van der Waals surface area contributed by atoms with E-state index in [1.807, 2.05) is 13.0 Å². The molecule has 4 heteroatoms. The van der Waals surface area contributed by atoms with Crippen LogP contribution in [0, 0.1) is 6.92 Å². The van der Waals surface area contributed by atoms with Gasteiger partial charge in [0.15, 0.2) is 0 Å². The fourth-order valence-corrected chi connectivity index (χ4v) is 2.66. The van der Waals surface area contributed by atoms with E-state index in [1.165, 1.54) is 5.56 Å². The zero-order valence-corrected chi connectivity index (χ0v) is 11.8. The number of rotatable bonds is 3. The summed E-state index contributed by atoms with van der Waals surface area (Å²) in [6.07, 6.45) is 2.91. The van der Waals surface area contributed by atoms with Gasteiger partial charge in [0, 0.05) is 37.4 Å². The fourth-order valence-electron chi connectivity index (χ4n) is 2.66. The Kier molecular flexibility index (Phi) is 3.76. The van der Waals surface area contributed by atoms with Gasteiger partial charge in [-0.1, -0.05) is 24.3 Å². The molecule has 1 aromatic heterocycles. The topological polar surface area (TPSA) is 55.0 Å². The van der Waals surface area contributed by atoms with Gasteiger partial charge in [-0.25, -0.2) is 9.97 Å². The molecule has 0 spiro atoms. The number of nitrogens with zero attached hydrogens (tertiary/aromatic N) is 3. The van der Waals surface area contributed by atoms with Crippen LogP contribution in [0.5, 0.6) is 0 Å². The Morgan fingerprint density at radius 1 is 1.25 bits per heavy atom. The number of benzene rings is 1. The van der Waals surface area contributed by atoms with Crippen molar-refractivity contribution in [3.05, 3.63) is 47.9 Å². The van der Waals surface area contributed by atoms with Gasteiger partial charge in [-0.3, -0.25) is 4.90 Å². The minimum Gasteiger partial charge on any atom is -0.326 e. The molecule has 1 aliphatic rings. The molecule has 4 nitrogen and oxygen atoms in total. The monoisotopic (exact) mass is 268 g/mol. The van der Waals surface area contributed by atoms with Crippen LogP contribution in [0.1, 0.15) is 17.8 Å². The van der Waals surface area contributed by atoms with Gasteiger partial charge in [0.2, 0.25) is 0 Å². The first-order valence-corrected chi connectivity index (χ1v) is 7.07. The van der Waals surface area contributed by atoms with E-state index in [0.717, 1.165) is 43.1 Å². The highest BCUT2D eigenvalue weighted by Gasteiger charge is 2.18. The third kappa shape index (κ3) is 3.03. The fraction of sp³-hybridized carbons (Fsp3) is 0.375. The second-order valence-corrected chi connectivity index (χ2v) is 5.47. The zero-order valence-electron chi connectivity index (χ0n) is 11.8.